The molecule has 21 heavy (non-hydrogen) atoms. The first kappa shape index (κ1) is 14.3. The Kier molecular flexibility index (Phi) is 3.66. The Morgan fingerprint density at radius 2 is 1.81 bits per heavy atom. The van der Waals surface area contributed by atoms with Crippen molar-refractivity contribution in [3.8, 4) is 0 Å². The van der Waals surface area contributed by atoms with Crippen LogP contribution in [0.1, 0.15) is 68.4 Å². The second-order valence-corrected chi connectivity index (χ2v) is 9.15. The molecule has 0 spiro atoms. The van der Waals surface area contributed by atoms with Crippen molar-refractivity contribution in [3.05, 3.63) is 21.9 Å². The lowest BCUT2D eigenvalue weighted by Gasteiger charge is -2.57. The number of rotatable bonds is 5. The molecule has 0 aromatic carbocycles. The predicted molar refractivity (Wildman–Crippen MR) is 90.7 cm³/mol. The molecule has 0 radical (unpaired) electrons. The number of thiophene rings is 1. The van der Waals surface area contributed by atoms with Crippen LogP contribution in [0.25, 0.3) is 0 Å². The van der Waals surface area contributed by atoms with Crippen LogP contribution in [0, 0.1) is 30.1 Å². The van der Waals surface area contributed by atoms with Crippen LogP contribution < -0.4 is 5.32 Å². The summed E-state index contributed by atoms with van der Waals surface area (Å²) in [5, 5.41) is 6.08. The highest BCUT2D eigenvalue weighted by atomic mass is 32.1. The third-order valence-electron chi connectivity index (χ3n) is 6.47. The number of hydrogen-bond acceptors (Lipinski definition) is 2. The highest BCUT2D eigenvalue weighted by Crippen LogP contribution is 2.62. The van der Waals surface area contributed by atoms with Gasteiger partial charge in [-0.25, -0.2) is 0 Å². The van der Waals surface area contributed by atoms with Gasteiger partial charge in [0.05, 0.1) is 0 Å². The van der Waals surface area contributed by atoms with Gasteiger partial charge in [-0.15, -0.1) is 11.3 Å². The smallest absolute Gasteiger partial charge is 0.0422 e. The van der Waals surface area contributed by atoms with Gasteiger partial charge in [-0.1, -0.05) is 6.92 Å². The zero-order valence-electron chi connectivity index (χ0n) is 13.5. The van der Waals surface area contributed by atoms with Crippen LogP contribution in [-0.4, -0.2) is 6.54 Å². The van der Waals surface area contributed by atoms with Gasteiger partial charge >= 0.3 is 0 Å². The Balaban J connectivity index is 1.57. The van der Waals surface area contributed by atoms with Gasteiger partial charge in [0.2, 0.25) is 0 Å². The molecule has 2 heteroatoms. The second-order valence-electron chi connectivity index (χ2n) is 8.20. The van der Waals surface area contributed by atoms with Crippen molar-refractivity contribution in [2.45, 2.75) is 64.8 Å². The molecule has 1 unspecified atom stereocenters. The van der Waals surface area contributed by atoms with Crippen molar-refractivity contribution >= 4 is 11.3 Å². The molecule has 0 saturated heterocycles. The molecule has 4 bridgehead atoms. The molecule has 4 aliphatic rings. The first-order valence-electron chi connectivity index (χ1n) is 8.95. The van der Waals surface area contributed by atoms with Crippen LogP contribution in [-0.2, 0) is 0 Å². The van der Waals surface area contributed by atoms with Gasteiger partial charge in [0.25, 0.3) is 0 Å². The van der Waals surface area contributed by atoms with Crippen LogP contribution in [0.5, 0.6) is 0 Å². The molecule has 4 aliphatic carbocycles. The molecule has 4 fully saturated rings. The second kappa shape index (κ2) is 5.38. The minimum absolute atomic E-state index is 0.603. The molecule has 4 saturated carbocycles. The minimum Gasteiger partial charge on any atom is -0.309 e. The van der Waals surface area contributed by atoms with Crippen molar-refractivity contribution in [1.82, 2.24) is 5.32 Å². The molecule has 5 rings (SSSR count). The minimum atomic E-state index is 0.603. The Morgan fingerprint density at radius 3 is 2.29 bits per heavy atom. The first-order valence-corrected chi connectivity index (χ1v) is 9.83. The van der Waals surface area contributed by atoms with Gasteiger partial charge in [-0.05, 0) is 98.6 Å². The van der Waals surface area contributed by atoms with E-state index in [-0.39, 0.29) is 0 Å². The third-order valence-corrected chi connectivity index (χ3v) is 7.60. The van der Waals surface area contributed by atoms with Crippen LogP contribution in [0.15, 0.2) is 11.4 Å². The summed E-state index contributed by atoms with van der Waals surface area (Å²) in [5.41, 5.74) is 2.17. The average Bonchev–Trinajstić information content (AvgIpc) is 2.82. The molecule has 1 heterocycles. The molecule has 116 valence electrons. The normalized spacial score (nSPS) is 38.9. The lowest BCUT2D eigenvalue weighted by Crippen LogP contribution is -2.47. The van der Waals surface area contributed by atoms with E-state index in [1.54, 1.807) is 24.1 Å². The van der Waals surface area contributed by atoms with Crippen LogP contribution in [0.3, 0.4) is 0 Å². The fourth-order valence-electron chi connectivity index (χ4n) is 6.22. The highest BCUT2D eigenvalue weighted by molar-refractivity contribution is 7.10. The zero-order chi connectivity index (χ0) is 14.4. The van der Waals surface area contributed by atoms with Gasteiger partial charge in [0.15, 0.2) is 0 Å². The van der Waals surface area contributed by atoms with E-state index >= 15 is 0 Å². The van der Waals surface area contributed by atoms with Gasteiger partial charge < -0.3 is 5.32 Å². The van der Waals surface area contributed by atoms with E-state index in [9.17, 15) is 0 Å². The molecular formula is C19H29NS. The maximum atomic E-state index is 3.81. The molecule has 1 aromatic rings. The fraction of sp³-hybridized carbons (Fsp3) is 0.789. The summed E-state index contributed by atoms with van der Waals surface area (Å²) in [6.45, 7) is 5.64. The summed E-state index contributed by atoms with van der Waals surface area (Å²) in [5.74, 6) is 3.22. The summed E-state index contributed by atoms with van der Waals surface area (Å²) in [7, 11) is 0. The Hall–Kier alpha value is -0.340. The monoisotopic (exact) mass is 303 g/mol. The van der Waals surface area contributed by atoms with Gasteiger partial charge in [0, 0.05) is 10.9 Å². The number of nitrogens with one attached hydrogen (secondary N) is 1. The molecule has 1 nitrogen and oxygen atoms in total. The maximum absolute atomic E-state index is 3.81. The lowest BCUT2D eigenvalue weighted by molar-refractivity contribution is -0.0620. The van der Waals surface area contributed by atoms with Gasteiger partial charge in [0.1, 0.15) is 0 Å². The van der Waals surface area contributed by atoms with Crippen molar-refractivity contribution < 1.29 is 0 Å². The largest absolute Gasteiger partial charge is 0.309 e. The highest BCUT2D eigenvalue weighted by Gasteiger charge is 2.51. The van der Waals surface area contributed by atoms with Crippen LogP contribution in [0.4, 0.5) is 0 Å². The third kappa shape index (κ3) is 2.59. The number of hydrogen-bond donors (Lipinski definition) is 1. The summed E-state index contributed by atoms with van der Waals surface area (Å²) < 4.78 is 0. The molecule has 1 aromatic heterocycles. The van der Waals surface area contributed by atoms with E-state index in [0.29, 0.717) is 11.5 Å². The average molecular weight is 304 g/mol. The summed E-state index contributed by atoms with van der Waals surface area (Å²) >= 11 is 1.96. The fourth-order valence-corrected chi connectivity index (χ4v) is 7.22. The Labute approximate surface area is 133 Å². The molecule has 0 amide bonds. The molecule has 1 atom stereocenters. The predicted octanol–water partition coefficient (Wildman–Crippen LogP) is 5.31. The van der Waals surface area contributed by atoms with E-state index in [1.165, 1.54) is 31.2 Å². The molecular weight excluding hydrogens is 274 g/mol. The van der Waals surface area contributed by atoms with Crippen LogP contribution in [0.2, 0.25) is 0 Å². The van der Waals surface area contributed by atoms with E-state index in [1.807, 2.05) is 11.3 Å². The maximum Gasteiger partial charge on any atom is 0.0422 e. The van der Waals surface area contributed by atoms with Gasteiger partial charge in [-0.3, -0.25) is 0 Å². The quantitative estimate of drug-likeness (QED) is 0.777. The topological polar surface area (TPSA) is 12.0 Å². The van der Waals surface area contributed by atoms with Gasteiger partial charge in [-0.2, -0.15) is 0 Å². The SMILES string of the molecule is CCNC(CC12CC3CC(CC(C3)C1)C2)c1sccc1C. The Bertz CT molecular complexity index is 468. The summed E-state index contributed by atoms with van der Waals surface area (Å²) in [4.78, 5) is 1.60. The van der Waals surface area contributed by atoms with Crippen molar-refractivity contribution in [3.63, 3.8) is 0 Å². The molecule has 1 N–H and O–H groups in total. The zero-order valence-corrected chi connectivity index (χ0v) is 14.3. The lowest BCUT2D eigenvalue weighted by atomic mass is 9.48. The van der Waals surface area contributed by atoms with E-state index in [4.69, 9.17) is 0 Å². The standard InChI is InChI=1S/C19H29NS/c1-3-20-17(18-13(2)4-5-21-18)12-19-9-14-6-15(10-19)8-16(7-14)11-19/h4-5,14-17,20H,3,6-12H2,1-2H3. The van der Waals surface area contributed by atoms with Crippen LogP contribution >= 0.6 is 11.3 Å². The Morgan fingerprint density at radius 1 is 1.19 bits per heavy atom. The number of aryl methyl sites for hydroxylation is 1. The van der Waals surface area contributed by atoms with Crippen molar-refractivity contribution in [1.29, 1.82) is 0 Å². The summed E-state index contributed by atoms with van der Waals surface area (Å²) in [6.07, 6.45) is 10.7. The molecule has 0 aliphatic heterocycles. The van der Waals surface area contributed by atoms with E-state index < -0.39 is 0 Å². The first-order chi connectivity index (χ1) is 10.2. The van der Waals surface area contributed by atoms with E-state index in [2.05, 4.69) is 30.6 Å². The summed E-state index contributed by atoms with van der Waals surface area (Å²) in [6, 6.07) is 2.90. The van der Waals surface area contributed by atoms with Crippen molar-refractivity contribution in [2.75, 3.05) is 6.54 Å². The van der Waals surface area contributed by atoms with Crippen molar-refractivity contribution in [2.24, 2.45) is 23.2 Å². The van der Waals surface area contributed by atoms with E-state index in [0.717, 1.165) is 24.3 Å².